The Kier molecular flexibility index (Phi) is 5.15. The molecule has 2 aromatic rings. The molecule has 0 unspecified atom stereocenters. The number of ether oxygens (including phenoxy) is 2. The first-order chi connectivity index (χ1) is 10.2. The minimum absolute atomic E-state index is 0.0499. The number of methoxy groups -OCH3 is 2. The molecule has 0 aliphatic rings. The topological polar surface area (TPSA) is 60.5 Å². The van der Waals surface area contributed by atoms with Crippen molar-refractivity contribution < 1.29 is 14.3 Å². The molecule has 0 saturated carbocycles. The Morgan fingerprint density at radius 1 is 1.14 bits per heavy atom. The summed E-state index contributed by atoms with van der Waals surface area (Å²) >= 11 is 0. The van der Waals surface area contributed by atoms with Crippen molar-refractivity contribution in [2.45, 2.75) is 13.0 Å². The molecule has 21 heavy (non-hydrogen) atoms. The lowest BCUT2D eigenvalue weighted by Gasteiger charge is -2.10. The number of nitrogens with zero attached hydrogens (tertiary/aromatic N) is 1. The fraction of sp³-hybridized carbons (Fsp3) is 0.250. The van der Waals surface area contributed by atoms with Gasteiger partial charge in [-0.1, -0.05) is 12.1 Å². The third-order valence-electron chi connectivity index (χ3n) is 3.03. The van der Waals surface area contributed by atoms with Gasteiger partial charge in [-0.3, -0.25) is 9.78 Å². The molecule has 110 valence electrons. The van der Waals surface area contributed by atoms with Crippen LogP contribution in [0.25, 0.3) is 0 Å². The third kappa shape index (κ3) is 4.21. The number of carbonyl (C=O) groups is 1. The van der Waals surface area contributed by atoms with E-state index in [9.17, 15) is 4.79 Å². The quantitative estimate of drug-likeness (QED) is 0.882. The van der Waals surface area contributed by atoms with Crippen molar-refractivity contribution in [1.82, 2.24) is 10.3 Å². The van der Waals surface area contributed by atoms with Gasteiger partial charge in [0.15, 0.2) is 11.5 Å². The standard InChI is InChI=1S/C16H18N2O3/c1-20-14-6-5-12(8-15(14)21-2)9-16(19)18-11-13-4-3-7-17-10-13/h3-8,10H,9,11H2,1-2H3,(H,18,19). The maximum atomic E-state index is 11.9. The molecule has 1 N–H and O–H groups in total. The van der Waals surface area contributed by atoms with Gasteiger partial charge in [0.05, 0.1) is 20.6 Å². The zero-order valence-electron chi connectivity index (χ0n) is 12.1. The van der Waals surface area contributed by atoms with E-state index >= 15 is 0 Å². The SMILES string of the molecule is COc1ccc(CC(=O)NCc2cccnc2)cc1OC. The molecule has 0 fully saturated rings. The van der Waals surface area contributed by atoms with Crippen LogP contribution in [0.15, 0.2) is 42.7 Å². The molecule has 5 heteroatoms. The number of pyridine rings is 1. The number of nitrogens with one attached hydrogen (secondary N) is 1. The van der Waals surface area contributed by atoms with E-state index in [1.54, 1.807) is 32.7 Å². The fourth-order valence-electron chi connectivity index (χ4n) is 1.94. The summed E-state index contributed by atoms with van der Waals surface area (Å²) in [5.74, 6) is 1.22. The Morgan fingerprint density at radius 3 is 2.62 bits per heavy atom. The smallest absolute Gasteiger partial charge is 0.224 e. The van der Waals surface area contributed by atoms with Gasteiger partial charge < -0.3 is 14.8 Å². The average Bonchev–Trinajstić information content (AvgIpc) is 2.53. The van der Waals surface area contributed by atoms with Crippen molar-refractivity contribution in [3.05, 3.63) is 53.9 Å². The molecule has 0 aliphatic carbocycles. The Balaban J connectivity index is 1.93. The van der Waals surface area contributed by atoms with Crippen molar-refractivity contribution in [1.29, 1.82) is 0 Å². The number of hydrogen-bond acceptors (Lipinski definition) is 4. The summed E-state index contributed by atoms with van der Waals surface area (Å²) < 4.78 is 10.4. The van der Waals surface area contributed by atoms with Crippen molar-refractivity contribution in [2.75, 3.05) is 14.2 Å². The molecule has 0 bridgehead atoms. The number of hydrogen-bond donors (Lipinski definition) is 1. The van der Waals surface area contributed by atoms with Crippen molar-refractivity contribution in [3.63, 3.8) is 0 Å². The second-order valence-corrected chi connectivity index (χ2v) is 4.50. The maximum Gasteiger partial charge on any atom is 0.224 e. The summed E-state index contributed by atoms with van der Waals surface area (Å²) in [6.45, 7) is 0.472. The molecule has 1 amide bonds. The Morgan fingerprint density at radius 2 is 1.95 bits per heavy atom. The highest BCUT2D eigenvalue weighted by Crippen LogP contribution is 2.27. The predicted octanol–water partition coefficient (Wildman–Crippen LogP) is 1.96. The van der Waals surface area contributed by atoms with Crippen molar-refractivity contribution >= 4 is 5.91 Å². The third-order valence-corrected chi connectivity index (χ3v) is 3.03. The average molecular weight is 286 g/mol. The second-order valence-electron chi connectivity index (χ2n) is 4.50. The molecule has 0 saturated heterocycles. The Hall–Kier alpha value is -2.56. The van der Waals surface area contributed by atoms with Crippen LogP contribution in [0.4, 0.5) is 0 Å². The van der Waals surface area contributed by atoms with Crippen LogP contribution >= 0.6 is 0 Å². The normalized spacial score (nSPS) is 10.0. The van der Waals surface area contributed by atoms with Gasteiger partial charge in [0.1, 0.15) is 0 Å². The molecule has 1 aromatic heterocycles. The van der Waals surface area contributed by atoms with Crippen LogP contribution in [0.2, 0.25) is 0 Å². The molecule has 5 nitrogen and oxygen atoms in total. The predicted molar refractivity (Wildman–Crippen MR) is 79.3 cm³/mol. The van der Waals surface area contributed by atoms with E-state index in [4.69, 9.17) is 9.47 Å². The first kappa shape index (κ1) is 14.8. The lowest BCUT2D eigenvalue weighted by molar-refractivity contribution is -0.120. The summed E-state index contributed by atoms with van der Waals surface area (Å²) in [7, 11) is 3.15. The van der Waals surface area contributed by atoms with Crippen LogP contribution < -0.4 is 14.8 Å². The summed E-state index contributed by atoms with van der Waals surface area (Å²) in [5, 5.41) is 2.86. The van der Waals surface area contributed by atoms with Crippen LogP contribution in [0, 0.1) is 0 Å². The highest BCUT2D eigenvalue weighted by molar-refractivity contribution is 5.78. The molecule has 1 aromatic carbocycles. The molecule has 0 aliphatic heterocycles. The molecule has 0 spiro atoms. The number of carbonyl (C=O) groups excluding carboxylic acids is 1. The second kappa shape index (κ2) is 7.28. The number of rotatable bonds is 6. The zero-order chi connectivity index (χ0) is 15.1. The Bertz CT molecular complexity index is 600. The van der Waals surface area contributed by atoms with Gasteiger partial charge in [0.25, 0.3) is 0 Å². The van der Waals surface area contributed by atoms with Crippen LogP contribution in [0.1, 0.15) is 11.1 Å². The summed E-state index contributed by atoms with van der Waals surface area (Å²) in [6.07, 6.45) is 3.73. The minimum atomic E-state index is -0.0499. The number of benzene rings is 1. The largest absolute Gasteiger partial charge is 0.493 e. The number of aromatic nitrogens is 1. The van der Waals surface area contributed by atoms with Crippen LogP contribution in [-0.4, -0.2) is 25.1 Å². The van der Waals surface area contributed by atoms with Crippen molar-refractivity contribution in [3.8, 4) is 11.5 Å². The van der Waals surface area contributed by atoms with Gasteiger partial charge in [-0.05, 0) is 29.3 Å². The fourth-order valence-corrected chi connectivity index (χ4v) is 1.94. The van der Waals surface area contributed by atoms with Crippen LogP contribution in [-0.2, 0) is 17.8 Å². The molecule has 2 rings (SSSR count). The molecule has 1 heterocycles. The first-order valence-corrected chi connectivity index (χ1v) is 6.59. The van der Waals surface area contributed by atoms with Crippen molar-refractivity contribution in [2.24, 2.45) is 0 Å². The van der Waals surface area contributed by atoms with Gasteiger partial charge >= 0.3 is 0 Å². The van der Waals surface area contributed by atoms with Gasteiger partial charge in [-0.2, -0.15) is 0 Å². The zero-order valence-corrected chi connectivity index (χ0v) is 12.1. The van der Waals surface area contributed by atoms with E-state index in [0.29, 0.717) is 24.5 Å². The van der Waals surface area contributed by atoms with E-state index in [1.165, 1.54) is 0 Å². The first-order valence-electron chi connectivity index (χ1n) is 6.59. The van der Waals surface area contributed by atoms with Crippen LogP contribution in [0.3, 0.4) is 0 Å². The van der Waals surface area contributed by atoms with Gasteiger partial charge in [-0.25, -0.2) is 0 Å². The lowest BCUT2D eigenvalue weighted by Crippen LogP contribution is -2.24. The van der Waals surface area contributed by atoms with E-state index in [2.05, 4.69) is 10.3 Å². The van der Waals surface area contributed by atoms with E-state index in [0.717, 1.165) is 11.1 Å². The molecular weight excluding hydrogens is 268 g/mol. The Labute approximate surface area is 123 Å². The summed E-state index contributed by atoms with van der Waals surface area (Å²) in [4.78, 5) is 15.9. The number of amides is 1. The maximum absolute atomic E-state index is 11.9. The minimum Gasteiger partial charge on any atom is -0.493 e. The van der Waals surface area contributed by atoms with E-state index in [1.807, 2.05) is 24.3 Å². The van der Waals surface area contributed by atoms with E-state index < -0.39 is 0 Å². The molecule has 0 atom stereocenters. The summed E-state index contributed by atoms with van der Waals surface area (Å²) in [6, 6.07) is 9.22. The monoisotopic (exact) mass is 286 g/mol. The van der Waals surface area contributed by atoms with E-state index in [-0.39, 0.29) is 5.91 Å². The van der Waals surface area contributed by atoms with Crippen LogP contribution in [0.5, 0.6) is 11.5 Å². The molecular formula is C16H18N2O3. The lowest BCUT2D eigenvalue weighted by atomic mass is 10.1. The van der Waals surface area contributed by atoms with Gasteiger partial charge in [-0.15, -0.1) is 0 Å². The molecule has 0 radical (unpaired) electrons. The van der Waals surface area contributed by atoms with Gasteiger partial charge in [0, 0.05) is 18.9 Å². The highest BCUT2D eigenvalue weighted by atomic mass is 16.5. The van der Waals surface area contributed by atoms with Gasteiger partial charge in [0.2, 0.25) is 5.91 Å². The highest BCUT2D eigenvalue weighted by Gasteiger charge is 2.08. The summed E-state index contributed by atoms with van der Waals surface area (Å²) in [5.41, 5.74) is 1.84.